The molecule has 57 heavy (non-hydrogen) atoms. The van der Waals surface area contributed by atoms with Crippen molar-refractivity contribution < 1.29 is 44.5 Å². The van der Waals surface area contributed by atoms with Gasteiger partial charge in [-0.3, -0.25) is 4.79 Å². The highest BCUT2D eigenvalue weighted by molar-refractivity contribution is 7.97. The summed E-state index contributed by atoms with van der Waals surface area (Å²) in [6.45, 7) is 3.19. The molecule has 0 saturated heterocycles. The van der Waals surface area contributed by atoms with Gasteiger partial charge in [-0.1, -0.05) is 109 Å². The first-order valence-electron chi connectivity index (χ1n) is 17.3. The number of carbonyl (C=O) groups excluding carboxylic acids is 1. The van der Waals surface area contributed by atoms with Crippen molar-refractivity contribution in [2.45, 2.75) is 67.7 Å². The van der Waals surface area contributed by atoms with Crippen LogP contribution < -0.4 is 0 Å². The zero-order chi connectivity index (χ0) is 41.7. The summed E-state index contributed by atoms with van der Waals surface area (Å²) in [4.78, 5) is 19.3. The van der Waals surface area contributed by atoms with Gasteiger partial charge in [-0.15, -0.1) is 0 Å². The third kappa shape index (κ3) is 12.8. The smallest absolute Gasteiger partial charge is 0.432 e. The topological polar surface area (TPSA) is 83.5 Å². The Bertz CT molecular complexity index is 1900. The van der Waals surface area contributed by atoms with Crippen LogP contribution in [0.25, 0.3) is 0 Å². The lowest BCUT2D eigenvalue weighted by Gasteiger charge is -2.31. The van der Waals surface area contributed by atoms with E-state index in [0.717, 1.165) is 20.8 Å². The molecule has 0 N–H and O–H groups in total. The lowest BCUT2D eigenvalue weighted by atomic mass is 9.97. The van der Waals surface area contributed by atoms with Gasteiger partial charge in [0.05, 0.1) is 27.2 Å². The maximum atomic E-state index is 12.9. The van der Waals surface area contributed by atoms with Gasteiger partial charge < -0.3 is 9.29 Å². The number of hydrogen-bond acceptors (Lipinski definition) is 5. The van der Waals surface area contributed by atoms with Crippen LogP contribution in [0.5, 0.6) is 0 Å². The number of alkyl halides is 5. The fraction of sp³-hybridized carbons (Fsp3) is 0.159. The van der Waals surface area contributed by atoms with E-state index < -0.39 is 39.0 Å². The molecule has 0 fully saturated rings. The van der Waals surface area contributed by atoms with Gasteiger partial charge in [0.2, 0.25) is 0 Å². The molecule has 0 aliphatic rings. The third-order valence-corrected chi connectivity index (χ3v) is 13.0. The summed E-state index contributed by atoms with van der Waals surface area (Å²) in [5.74, 6) is -1.72. The fourth-order valence-electron chi connectivity index (χ4n) is 4.90. The molecule has 0 aromatic heterocycles. The van der Waals surface area contributed by atoms with E-state index in [2.05, 4.69) is 187 Å². The monoisotopic (exact) mass is 839 g/mol. The number of hydrogen-bond donors (Lipinski definition) is 0. The second kappa shape index (κ2) is 20.0. The van der Waals surface area contributed by atoms with Crippen molar-refractivity contribution >= 4 is 37.9 Å². The van der Waals surface area contributed by atoms with E-state index in [1.165, 1.54) is 29.4 Å². The molecule has 1 unspecified atom stereocenters. The molecular formula is C44H40F5O5S3+. The van der Waals surface area contributed by atoms with E-state index in [-0.39, 0.29) is 21.8 Å². The molecule has 6 aromatic rings. The van der Waals surface area contributed by atoms with Gasteiger partial charge in [-0.2, -0.15) is 22.0 Å². The lowest BCUT2D eigenvalue weighted by Crippen LogP contribution is -2.53. The van der Waals surface area contributed by atoms with Crippen LogP contribution in [0.2, 0.25) is 0 Å². The molecule has 6 rings (SSSR count). The molecule has 0 amide bonds. The molecule has 6 aromatic carbocycles. The van der Waals surface area contributed by atoms with Gasteiger partial charge in [0.15, 0.2) is 39.5 Å². The maximum absolute atomic E-state index is 12.9. The van der Waals surface area contributed by atoms with E-state index in [9.17, 15) is 39.7 Å². The number of ether oxygens (including phenoxy) is 1. The van der Waals surface area contributed by atoms with Crippen molar-refractivity contribution in [3.8, 4) is 0 Å². The molecule has 5 nitrogen and oxygen atoms in total. The summed E-state index contributed by atoms with van der Waals surface area (Å²) < 4.78 is 96.9. The highest BCUT2D eigenvalue weighted by atomic mass is 32.2. The highest BCUT2D eigenvalue weighted by Crippen LogP contribution is 2.39. The lowest BCUT2D eigenvalue weighted by molar-refractivity contribution is -0.262. The maximum Gasteiger partial charge on any atom is 0.432 e. The Morgan fingerprint density at radius 1 is 0.491 bits per heavy atom. The van der Waals surface area contributed by atoms with Gasteiger partial charge in [-0.05, 0) is 93.6 Å². The molecule has 298 valence electrons. The van der Waals surface area contributed by atoms with Crippen molar-refractivity contribution in [3.05, 3.63) is 182 Å². The Balaban J connectivity index is 0.000000189. The molecular weight excluding hydrogens is 800 g/mol. The van der Waals surface area contributed by atoms with Gasteiger partial charge in [0.1, 0.15) is 0 Å². The predicted molar refractivity (Wildman–Crippen MR) is 213 cm³/mol. The first-order chi connectivity index (χ1) is 26.9. The molecule has 0 aliphatic carbocycles. The van der Waals surface area contributed by atoms with Gasteiger partial charge in [0.25, 0.3) is 6.10 Å². The summed E-state index contributed by atoms with van der Waals surface area (Å²) in [5.41, 5.74) is -1.59. The Hall–Kier alpha value is -4.95. The average Bonchev–Trinajstić information content (AvgIpc) is 3.19. The Labute approximate surface area is 336 Å². The van der Waals surface area contributed by atoms with Crippen molar-refractivity contribution in [2.24, 2.45) is 5.41 Å². The van der Waals surface area contributed by atoms with Crippen LogP contribution in [0.4, 0.5) is 22.0 Å². The van der Waals surface area contributed by atoms with Crippen molar-refractivity contribution in [1.82, 2.24) is 0 Å². The minimum atomic E-state index is -6.66. The highest BCUT2D eigenvalue weighted by Gasteiger charge is 2.63. The van der Waals surface area contributed by atoms with Crippen LogP contribution in [0.3, 0.4) is 0 Å². The Morgan fingerprint density at radius 2 is 0.702 bits per heavy atom. The SMILES string of the molecule is CC(C)(C)C(=O)OC(C(F)(F)F)C(F)(F)S(=O)(=O)[O-].c1ccc([S+](c2ccccc2)c2ccccc2)cc1.c1ccc([S+](c2ccccc2)c2ccccc2)cc1. The van der Waals surface area contributed by atoms with Crippen molar-refractivity contribution in [1.29, 1.82) is 0 Å². The number of carbonyl (C=O) groups is 1. The molecule has 0 bridgehead atoms. The summed E-state index contributed by atoms with van der Waals surface area (Å²) >= 11 is 0. The van der Waals surface area contributed by atoms with E-state index >= 15 is 0 Å². The molecule has 13 heteroatoms. The fourth-order valence-corrected chi connectivity index (χ4v) is 9.55. The first kappa shape index (κ1) is 44.8. The summed E-state index contributed by atoms with van der Waals surface area (Å²) in [6, 6.07) is 64.3. The summed E-state index contributed by atoms with van der Waals surface area (Å²) in [7, 11) is -6.69. The molecule has 0 saturated carbocycles. The Kier molecular flexibility index (Phi) is 15.7. The minimum absolute atomic E-state index is 0.0146. The van der Waals surface area contributed by atoms with Crippen LogP contribution in [0.15, 0.2) is 211 Å². The Morgan fingerprint density at radius 3 is 0.860 bits per heavy atom. The van der Waals surface area contributed by atoms with Gasteiger partial charge >= 0.3 is 17.4 Å². The van der Waals surface area contributed by atoms with Crippen LogP contribution in [-0.4, -0.2) is 36.5 Å². The molecule has 0 spiro atoms. The van der Waals surface area contributed by atoms with Crippen molar-refractivity contribution in [3.63, 3.8) is 0 Å². The number of rotatable bonds is 9. The largest absolute Gasteiger partial charge is 0.743 e. The summed E-state index contributed by atoms with van der Waals surface area (Å²) in [5, 5.41) is -5.81. The number of benzene rings is 6. The van der Waals surface area contributed by atoms with Crippen molar-refractivity contribution in [2.75, 3.05) is 0 Å². The van der Waals surface area contributed by atoms with E-state index in [4.69, 9.17) is 0 Å². The van der Waals surface area contributed by atoms with Gasteiger partial charge in [-0.25, -0.2) is 8.42 Å². The van der Waals surface area contributed by atoms with E-state index in [1.54, 1.807) is 0 Å². The van der Waals surface area contributed by atoms with E-state index in [1.807, 2.05) is 0 Å². The molecule has 0 aliphatic heterocycles. The van der Waals surface area contributed by atoms with E-state index in [0.29, 0.717) is 0 Å². The molecule has 0 radical (unpaired) electrons. The number of esters is 1. The summed E-state index contributed by atoms with van der Waals surface area (Å²) in [6.07, 6.45) is -10.3. The average molecular weight is 840 g/mol. The first-order valence-corrected chi connectivity index (χ1v) is 21.2. The van der Waals surface area contributed by atoms with Crippen LogP contribution in [-0.2, 0) is 41.4 Å². The molecule has 1 atom stereocenters. The normalized spacial score (nSPS) is 12.4. The standard InChI is InChI=1S/2C18H15S.C8H11F5O5S/c2*1-4-10-16(11-5-1)19(17-12-6-2-7-13-17)18-14-8-3-9-15-18;1-6(2,3)5(14)18-4(7(9,10)11)8(12,13)19(15,16)17/h2*1-15H;4H,1-3H3,(H,15,16,17)/q2*+1;/p-1. The predicted octanol–water partition coefficient (Wildman–Crippen LogP) is 11.2. The van der Waals surface area contributed by atoms with Crippen LogP contribution in [0, 0.1) is 5.41 Å². The second-order valence-electron chi connectivity index (χ2n) is 13.1. The third-order valence-electron chi connectivity index (χ3n) is 7.65. The minimum Gasteiger partial charge on any atom is -0.743 e. The van der Waals surface area contributed by atoms with Crippen LogP contribution in [0.1, 0.15) is 20.8 Å². The van der Waals surface area contributed by atoms with Crippen LogP contribution >= 0.6 is 0 Å². The zero-order valence-corrected chi connectivity index (χ0v) is 33.5. The second-order valence-corrected chi connectivity index (χ2v) is 18.6. The quantitative estimate of drug-likeness (QED) is 0.0627. The zero-order valence-electron chi connectivity index (χ0n) is 31.1. The van der Waals surface area contributed by atoms with Gasteiger partial charge in [0, 0.05) is 0 Å². The number of halogens is 5. The molecule has 0 heterocycles.